The average molecular weight is 432 g/mol. The lowest BCUT2D eigenvalue weighted by atomic mass is 10.1. The normalized spacial score (nSPS) is 16.7. The van der Waals surface area contributed by atoms with E-state index < -0.39 is 0 Å². The van der Waals surface area contributed by atoms with E-state index in [1.165, 1.54) is 11.1 Å². The van der Waals surface area contributed by atoms with E-state index in [9.17, 15) is 0 Å². The third-order valence-corrected chi connectivity index (χ3v) is 3.54. The second kappa shape index (κ2) is 9.44. The van der Waals surface area contributed by atoms with E-state index in [4.69, 9.17) is 10.5 Å². The number of halogens is 1. The number of benzene rings is 1. The van der Waals surface area contributed by atoms with Crippen LogP contribution in [0.5, 0.6) is 0 Å². The zero-order valence-electron chi connectivity index (χ0n) is 14.3. The highest BCUT2D eigenvalue weighted by Gasteiger charge is 2.13. The lowest BCUT2D eigenvalue weighted by Crippen LogP contribution is -2.45. The van der Waals surface area contributed by atoms with E-state index in [2.05, 4.69) is 60.2 Å². The second-order valence-corrected chi connectivity index (χ2v) is 6.73. The summed E-state index contributed by atoms with van der Waals surface area (Å²) in [6, 6.07) is 8.44. The number of ether oxygens (including phenoxy) is 1. The Bertz CT molecular complexity index is 508. The van der Waals surface area contributed by atoms with Crippen molar-refractivity contribution in [3.8, 4) is 0 Å². The van der Waals surface area contributed by atoms with Crippen molar-refractivity contribution in [2.24, 2.45) is 10.7 Å². The van der Waals surface area contributed by atoms with Gasteiger partial charge in [-0.25, -0.2) is 4.99 Å². The van der Waals surface area contributed by atoms with Crippen LogP contribution in [0.4, 0.5) is 0 Å². The monoisotopic (exact) mass is 432 g/mol. The molecule has 130 valence electrons. The molecule has 3 N–H and O–H groups in total. The van der Waals surface area contributed by atoms with Gasteiger partial charge in [0.15, 0.2) is 5.96 Å². The number of morpholine rings is 1. The van der Waals surface area contributed by atoms with E-state index in [1.54, 1.807) is 0 Å². The van der Waals surface area contributed by atoms with Gasteiger partial charge >= 0.3 is 0 Å². The molecule has 1 fully saturated rings. The van der Waals surface area contributed by atoms with Crippen LogP contribution in [0.25, 0.3) is 0 Å². The lowest BCUT2D eigenvalue weighted by molar-refractivity contribution is 0.0341. The molecule has 23 heavy (non-hydrogen) atoms. The lowest BCUT2D eigenvalue weighted by Gasteiger charge is -2.27. The Labute approximate surface area is 156 Å². The van der Waals surface area contributed by atoms with Crippen LogP contribution in [0.1, 0.15) is 31.9 Å². The topological polar surface area (TPSA) is 62.9 Å². The molecule has 0 saturated carbocycles. The van der Waals surface area contributed by atoms with Gasteiger partial charge in [-0.15, -0.1) is 24.0 Å². The van der Waals surface area contributed by atoms with Crippen molar-refractivity contribution in [3.63, 3.8) is 0 Å². The fourth-order valence-electron chi connectivity index (χ4n) is 2.46. The van der Waals surface area contributed by atoms with Gasteiger partial charge in [0, 0.05) is 25.2 Å². The second-order valence-electron chi connectivity index (χ2n) is 6.73. The van der Waals surface area contributed by atoms with E-state index >= 15 is 0 Å². The average Bonchev–Trinajstić information content (AvgIpc) is 2.46. The van der Waals surface area contributed by atoms with Crippen LogP contribution < -0.4 is 11.1 Å². The molecule has 2 rings (SSSR count). The van der Waals surface area contributed by atoms with Gasteiger partial charge in [-0.3, -0.25) is 4.90 Å². The zero-order chi connectivity index (χ0) is 16.0. The first kappa shape index (κ1) is 20.2. The fraction of sp³-hybridized carbons (Fsp3) is 0.588. The van der Waals surface area contributed by atoms with Gasteiger partial charge in [0.25, 0.3) is 0 Å². The van der Waals surface area contributed by atoms with E-state index in [0.29, 0.717) is 12.5 Å². The molecule has 1 saturated heterocycles. The Balaban J connectivity index is 0.00000264. The third-order valence-electron chi connectivity index (χ3n) is 3.54. The highest BCUT2D eigenvalue weighted by molar-refractivity contribution is 14.0. The molecule has 0 aromatic heterocycles. The summed E-state index contributed by atoms with van der Waals surface area (Å²) in [7, 11) is 0. The summed E-state index contributed by atoms with van der Waals surface area (Å²) >= 11 is 0. The standard InChI is InChI=1S/C17H28N4O.HI/c1-17(2,3)20-16(18)19-12-14-6-4-5-7-15(14)13-21-8-10-22-11-9-21;/h4-7H,8-13H2,1-3H3,(H3,18,19,20);1H. The maximum atomic E-state index is 5.95. The van der Waals surface area contributed by atoms with Gasteiger partial charge in [-0.1, -0.05) is 24.3 Å². The Morgan fingerprint density at radius 2 is 1.83 bits per heavy atom. The maximum Gasteiger partial charge on any atom is 0.189 e. The number of nitrogens with one attached hydrogen (secondary N) is 1. The van der Waals surface area contributed by atoms with E-state index in [0.717, 1.165) is 32.8 Å². The molecule has 0 amide bonds. The Hall–Kier alpha value is -0.860. The summed E-state index contributed by atoms with van der Waals surface area (Å²) in [5.41, 5.74) is 8.43. The molecule has 0 spiro atoms. The van der Waals surface area contributed by atoms with E-state index in [1.807, 2.05) is 0 Å². The molecule has 0 unspecified atom stereocenters. The highest BCUT2D eigenvalue weighted by Crippen LogP contribution is 2.14. The molecule has 0 bridgehead atoms. The number of guanidine groups is 1. The quantitative estimate of drug-likeness (QED) is 0.436. The summed E-state index contributed by atoms with van der Waals surface area (Å²) in [4.78, 5) is 6.89. The number of rotatable bonds is 4. The third kappa shape index (κ3) is 7.50. The molecule has 5 nitrogen and oxygen atoms in total. The molecule has 1 aromatic rings. The minimum Gasteiger partial charge on any atom is -0.379 e. The van der Waals surface area contributed by atoms with Crippen molar-refractivity contribution in [1.82, 2.24) is 10.2 Å². The molecule has 6 heteroatoms. The zero-order valence-corrected chi connectivity index (χ0v) is 16.7. The maximum absolute atomic E-state index is 5.95. The molecule has 0 atom stereocenters. The minimum atomic E-state index is -0.0685. The van der Waals surface area contributed by atoms with Crippen LogP contribution in [-0.2, 0) is 17.8 Å². The van der Waals surface area contributed by atoms with Gasteiger partial charge in [-0.05, 0) is 31.9 Å². The summed E-state index contributed by atoms with van der Waals surface area (Å²) in [5.74, 6) is 0.494. The molecule has 1 aliphatic rings. The number of hydrogen-bond acceptors (Lipinski definition) is 3. The fourth-order valence-corrected chi connectivity index (χ4v) is 2.46. The number of hydrogen-bond donors (Lipinski definition) is 2. The van der Waals surface area contributed by atoms with Crippen molar-refractivity contribution < 1.29 is 4.74 Å². The first-order valence-corrected chi connectivity index (χ1v) is 7.89. The number of aliphatic imine (C=N–C) groups is 1. The van der Waals surface area contributed by atoms with Crippen molar-refractivity contribution in [3.05, 3.63) is 35.4 Å². The van der Waals surface area contributed by atoms with Gasteiger partial charge in [0.05, 0.1) is 19.8 Å². The summed E-state index contributed by atoms with van der Waals surface area (Å²) in [6.45, 7) is 11.4. The molecule has 1 aliphatic heterocycles. The summed E-state index contributed by atoms with van der Waals surface area (Å²) < 4.78 is 5.40. The molecule has 1 aromatic carbocycles. The molecular formula is C17H29IN4O. The molecular weight excluding hydrogens is 403 g/mol. The summed E-state index contributed by atoms with van der Waals surface area (Å²) in [5, 5.41) is 3.19. The predicted octanol–water partition coefficient (Wildman–Crippen LogP) is 2.34. The first-order chi connectivity index (χ1) is 10.4. The van der Waals surface area contributed by atoms with Crippen molar-refractivity contribution in [2.75, 3.05) is 26.3 Å². The van der Waals surface area contributed by atoms with Crippen molar-refractivity contribution in [1.29, 1.82) is 0 Å². The smallest absolute Gasteiger partial charge is 0.189 e. The summed E-state index contributed by atoms with van der Waals surface area (Å²) in [6.07, 6.45) is 0. The number of nitrogens with two attached hydrogens (primary N) is 1. The van der Waals surface area contributed by atoms with Crippen LogP contribution in [-0.4, -0.2) is 42.7 Å². The Kier molecular flexibility index (Phi) is 8.28. The SMILES string of the molecule is CC(C)(C)NC(N)=NCc1ccccc1CN1CCOCC1.I. The largest absolute Gasteiger partial charge is 0.379 e. The van der Waals surface area contributed by atoms with Crippen LogP contribution in [0.3, 0.4) is 0 Å². The van der Waals surface area contributed by atoms with Gasteiger partial charge in [0.1, 0.15) is 0 Å². The minimum absolute atomic E-state index is 0. The highest BCUT2D eigenvalue weighted by atomic mass is 127. The van der Waals surface area contributed by atoms with Gasteiger partial charge in [-0.2, -0.15) is 0 Å². The Morgan fingerprint density at radius 1 is 1.22 bits per heavy atom. The van der Waals surface area contributed by atoms with Crippen molar-refractivity contribution in [2.45, 2.75) is 39.4 Å². The van der Waals surface area contributed by atoms with E-state index in [-0.39, 0.29) is 29.5 Å². The molecule has 0 radical (unpaired) electrons. The molecule has 1 heterocycles. The first-order valence-electron chi connectivity index (χ1n) is 7.89. The van der Waals surface area contributed by atoms with Crippen LogP contribution >= 0.6 is 24.0 Å². The number of nitrogens with zero attached hydrogens (tertiary/aromatic N) is 2. The Morgan fingerprint density at radius 3 is 2.43 bits per heavy atom. The van der Waals surface area contributed by atoms with Crippen LogP contribution in [0, 0.1) is 0 Å². The van der Waals surface area contributed by atoms with Crippen molar-refractivity contribution >= 4 is 29.9 Å². The predicted molar refractivity (Wildman–Crippen MR) is 106 cm³/mol. The van der Waals surface area contributed by atoms with Crippen LogP contribution in [0.15, 0.2) is 29.3 Å². The molecule has 0 aliphatic carbocycles. The van der Waals surface area contributed by atoms with Crippen LogP contribution in [0.2, 0.25) is 0 Å². The van der Waals surface area contributed by atoms with Gasteiger partial charge < -0.3 is 15.8 Å². The van der Waals surface area contributed by atoms with Gasteiger partial charge in [0.2, 0.25) is 0 Å².